The van der Waals surface area contributed by atoms with Crippen molar-refractivity contribution >= 4 is 76.4 Å². The second-order valence-corrected chi connectivity index (χ2v) is 20.6. The number of likely N-dealkylation sites (N-methyl/N-ethyl adjacent to an activating group) is 1. The number of carbonyl (C=O) groups excluding carboxylic acids is 1. The van der Waals surface area contributed by atoms with Gasteiger partial charge in [0.2, 0.25) is 5.69 Å². The summed E-state index contributed by atoms with van der Waals surface area (Å²) in [6, 6.07) is 24.5. The van der Waals surface area contributed by atoms with E-state index in [1.807, 2.05) is 36.4 Å². The summed E-state index contributed by atoms with van der Waals surface area (Å²) in [6.07, 6.45) is 9.77. The van der Waals surface area contributed by atoms with Gasteiger partial charge in [0, 0.05) is 46.1 Å². The number of rotatable bonds is 9. The molecule has 1 atom stereocenters. The number of nitrogens with zero attached hydrogens (tertiary/aromatic N) is 2. The van der Waals surface area contributed by atoms with E-state index in [0.717, 1.165) is 61.4 Å². The van der Waals surface area contributed by atoms with Gasteiger partial charge in [0.05, 0.1) is 27.9 Å². The maximum atomic E-state index is 12.3. The summed E-state index contributed by atoms with van der Waals surface area (Å²) in [5.74, 6) is -0.380. The summed E-state index contributed by atoms with van der Waals surface area (Å²) in [5, 5.41) is 3.83. The highest BCUT2D eigenvalue weighted by molar-refractivity contribution is 7.86. The lowest BCUT2D eigenvalue weighted by Crippen LogP contribution is -2.28. The fourth-order valence-electron chi connectivity index (χ4n) is 10.0. The number of fused-ring (bicyclic) bond motifs is 6. The average molecular weight is 906 g/mol. The van der Waals surface area contributed by atoms with Gasteiger partial charge in [0.25, 0.3) is 10.1 Å². The number of hydrogen-bond donors (Lipinski definition) is 1. The Kier molecular flexibility index (Phi) is 11.2. The first-order valence-corrected chi connectivity index (χ1v) is 24.1. The van der Waals surface area contributed by atoms with Crippen LogP contribution in [0.4, 0.5) is 11.4 Å². The molecule has 1 aliphatic carbocycles. The predicted molar refractivity (Wildman–Crippen MR) is 248 cm³/mol. The molecule has 0 saturated carbocycles. The van der Waals surface area contributed by atoms with E-state index >= 15 is 0 Å². The van der Waals surface area contributed by atoms with Crippen molar-refractivity contribution in [1.82, 2.24) is 0 Å². The topological polar surface area (TPSA) is 144 Å². The molecule has 2 aliphatic heterocycles. The molecule has 1 unspecified atom stereocenters. The normalized spacial score (nSPS) is 19.8. The fourth-order valence-corrected chi connectivity index (χ4v) is 11.3. The van der Waals surface area contributed by atoms with Crippen molar-refractivity contribution in [1.29, 1.82) is 0 Å². The second kappa shape index (κ2) is 16.0. The minimum Gasteiger partial charge on any atom is -0.744 e. The quantitative estimate of drug-likeness (QED) is 0.0868. The second-order valence-electron chi connectivity index (χ2n) is 17.4. The predicted octanol–water partition coefficient (Wildman–Crippen LogP) is 10.6. The molecule has 0 aromatic heterocycles. The van der Waals surface area contributed by atoms with Gasteiger partial charge in [-0.3, -0.25) is 4.55 Å². The maximum Gasteiger partial charge on any atom is 0.337 e. The zero-order chi connectivity index (χ0) is 45.4. The van der Waals surface area contributed by atoms with E-state index < -0.39 is 37.0 Å². The van der Waals surface area contributed by atoms with Crippen LogP contribution in [0.25, 0.3) is 21.5 Å². The number of methoxy groups -OCH3 is 1. The van der Waals surface area contributed by atoms with Crippen LogP contribution in [0.2, 0.25) is 0 Å². The van der Waals surface area contributed by atoms with Crippen LogP contribution >= 0.6 is 11.6 Å². The van der Waals surface area contributed by atoms with Crippen molar-refractivity contribution in [2.24, 2.45) is 0 Å². The SMILES string of the molecule is CCN1C(=CC=C2CC(c3ccc(C(=O)OC)cc3)CC(C=CC3=[N+](CC)c4ccc5cc(S(=O)(=O)O)ccc5c4C3(C)C)=C2Cl)C(C)(C)c2c1ccc1cc(S(=O)(=O)[O-])ccc21. The van der Waals surface area contributed by atoms with Crippen LogP contribution in [0, 0.1) is 0 Å². The van der Waals surface area contributed by atoms with Crippen LogP contribution < -0.4 is 4.90 Å². The van der Waals surface area contributed by atoms with Crippen LogP contribution in [-0.2, 0) is 35.8 Å². The summed E-state index contributed by atoms with van der Waals surface area (Å²) in [4.78, 5) is 14.2. The standard InChI is InChI=1S/C50H49ClN2O8S2/c1-8-52-41-22-14-32-28-37(62(55,56)57)18-20-39(32)45(41)49(3,4)43(52)24-16-34-26-36(30-10-12-31(13-11-30)48(54)61-7)27-35(47(34)51)17-25-44-50(5,6)46-40-21-19-38(63(58,59)60)29-33(40)15-23-42(46)53(44)9-2/h10-25,28-29,36H,8-9,26-27H2,1-7H3,(H-,55,56,57,58,59,60). The largest absolute Gasteiger partial charge is 0.744 e. The molecule has 0 spiro atoms. The fraction of sp³-hybridized carbons (Fsp3) is 0.280. The lowest BCUT2D eigenvalue weighted by Gasteiger charge is -2.28. The number of esters is 1. The number of carbonyl (C=O) groups is 1. The number of benzene rings is 5. The molecule has 0 radical (unpaired) electrons. The van der Waals surface area contributed by atoms with Gasteiger partial charge in [-0.2, -0.15) is 13.0 Å². The zero-order valence-corrected chi connectivity index (χ0v) is 38.6. The van der Waals surface area contributed by atoms with Crippen LogP contribution in [-0.4, -0.2) is 62.4 Å². The Morgan fingerprint density at radius 2 is 1.48 bits per heavy atom. The highest BCUT2D eigenvalue weighted by atomic mass is 35.5. The summed E-state index contributed by atoms with van der Waals surface area (Å²) < 4.78 is 76.6. The Morgan fingerprint density at radius 1 is 0.841 bits per heavy atom. The van der Waals surface area contributed by atoms with Crippen LogP contribution in [0.1, 0.15) is 87.4 Å². The molecular formula is C50H49ClN2O8S2. The number of anilines is 1. The summed E-state index contributed by atoms with van der Waals surface area (Å²) >= 11 is 7.47. The van der Waals surface area contributed by atoms with E-state index in [0.29, 0.717) is 47.3 Å². The summed E-state index contributed by atoms with van der Waals surface area (Å²) in [5.41, 5.74) is 8.66. The van der Waals surface area contributed by atoms with E-state index in [4.69, 9.17) is 16.3 Å². The van der Waals surface area contributed by atoms with E-state index in [1.54, 1.807) is 24.3 Å². The van der Waals surface area contributed by atoms with Gasteiger partial charge in [-0.15, -0.1) is 0 Å². The number of ether oxygens (including phenoxy) is 1. The Bertz CT molecular complexity index is 3160. The van der Waals surface area contributed by atoms with E-state index in [1.165, 1.54) is 31.4 Å². The molecule has 0 amide bonds. The van der Waals surface area contributed by atoms with Gasteiger partial charge >= 0.3 is 5.97 Å². The maximum absolute atomic E-state index is 12.3. The van der Waals surface area contributed by atoms with E-state index in [-0.39, 0.29) is 15.7 Å². The molecule has 8 rings (SSSR count). The van der Waals surface area contributed by atoms with Crippen LogP contribution in [0.5, 0.6) is 0 Å². The Hall–Kier alpha value is -5.37. The number of hydrogen-bond acceptors (Lipinski definition) is 8. The van der Waals surface area contributed by atoms with Crippen molar-refractivity contribution in [2.45, 2.75) is 80.9 Å². The highest BCUT2D eigenvalue weighted by Gasteiger charge is 2.45. The van der Waals surface area contributed by atoms with Gasteiger partial charge in [-0.05, 0) is 145 Å². The third-order valence-corrected chi connectivity index (χ3v) is 15.2. The third kappa shape index (κ3) is 7.65. The Labute approximate surface area is 374 Å². The van der Waals surface area contributed by atoms with E-state index in [9.17, 15) is 30.7 Å². The number of halogens is 1. The first-order valence-electron chi connectivity index (χ1n) is 20.9. The first kappa shape index (κ1) is 44.2. The first-order chi connectivity index (χ1) is 29.7. The molecule has 0 fully saturated rings. The van der Waals surface area contributed by atoms with Crippen molar-refractivity contribution in [3.05, 3.63) is 153 Å². The average Bonchev–Trinajstić information content (AvgIpc) is 3.62. The molecule has 1 N–H and O–H groups in total. The van der Waals surface area contributed by atoms with Crippen LogP contribution in [0.3, 0.4) is 0 Å². The number of allylic oxidation sites excluding steroid dienone is 8. The molecule has 3 aliphatic rings. The van der Waals surface area contributed by atoms with Crippen molar-refractivity contribution in [2.75, 3.05) is 25.1 Å². The minimum atomic E-state index is -4.62. The Morgan fingerprint density at radius 3 is 2.10 bits per heavy atom. The zero-order valence-electron chi connectivity index (χ0n) is 36.2. The van der Waals surface area contributed by atoms with E-state index in [2.05, 4.69) is 75.3 Å². The third-order valence-electron chi connectivity index (χ3n) is 13.0. The van der Waals surface area contributed by atoms with Gasteiger partial charge in [0.15, 0.2) is 5.71 Å². The molecule has 5 aromatic carbocycles. The minimum absolute atomic E-state index is 0.0250. The van der Waals surface area contributed by atoms with Crippen LogP contribution in [0.15, 0.2) is 141 Å². The summed E-state index contributed by atoms with van der Waals surface area (Å²) in [6.45, 7) is 14.2. The molecular weight excluding hydrogens is 856 g/mol. The molecule has 326 valence electrons. The molecule has 63 heavy (non-hydrogen) atoms. The molecule has 5 aromatic rings. The van der Waals surface area contributed by atoms with Crippen molar-refractivity contribution in [3.8, 4) is 0 Å². The lowest BCUT2D eigenvalue weighted by atomic mass is 9.78. The molecule has 0 bridgehead atoms. The smallest absolute Gasteiger partial charge is 0.337 e. The summed E-state index contributed by atoms with van der Waals surface area (Å²) in [7, 11) is -7.63. The van der Waals surface area contributed by atoms with Gasteiger partial charge in [-0.25, -0.2) is 13.2 Å². The van der Waals surface area contributed by atoms with Gasteiger partial charge in [0.1, 0.15) is 16.7 Å². The monoisotopic (exact) mass is 904 g/mol. The van der Waals surface area contributed by atoms with Crippen molar-refractivity contribution < 1.29 is 40.0 Å². The highest BCUT2D eigenvalue weighted by Crippen LogP contribution is 2.52. The molecule has 10 nitrogen and oxygen atoms in total. The van der Waals surface area contributed by atoms with Crippen molar-refractivity contribution in [3.63, 3.8) is 0 Å². The van der Waals surface area contributed by atoms with Gasteiger partial charge < -0.3 is 14.2 Å². The molecule has 2 heterocycles. The molecule has 13 heteroatoms. The van der Waals surface area contributed by atoms with Gasteiger partial charge in [-0.1, -0.05) is 67.9 Å². The molecule has 0 saturated heterocycles. The Balaban J connectivity index is 1.22. The lowest BCUT2D eigenvalue weighted by molar-refractivity contribution is -0.433.